The van der Waals surface area contributed by atoms with Crippen LogP contribution in [0.1, 0.15) is 17.2 Å². The molecular formula is C22H14BrFN2O3. The number of nitrogens with zero attached hydrogens (tertiary/aromatic N) is 2. The molecule has 0 radical (unpaired) electrons. The lowest BCUT2D eigenvalue weighted by Gasteiger charge is -2.25. The fourth-order valence-electron chi connectivity index (χ4n) is 3.32. The molecule has 0 saturated carbocycles. The van der Waals surface area contributed by atoms with Crippen LogP contribution in [0.2, 0.25) is 0 Å². The molecule has 3 aromatic rings. The number of benzene rings is 2. The fraction of sp³-hybridized carbons (Fsp3) is 0.0455. The van der Waals surface area contributed by atoms with E-state index in [2.05, 4.69) is 20.9 Å². The Balaban J connectivity index is 1.94. The van der Waals surface area contributed by atoms with Crippen LogP contribution in [-0.4, -0.2) is 21.8 Å². The molecule has 2 aromatic carbocycles. The minimum Gasteiger partial charge on any atom is -0.507 e. The fourth-order valence-corrected chi connectivity index (χ4v) is 3.58. The van der Waals surface area contributed by atoms with Crippen molar-refractivity contribution in [1.29, 1.82) is 0 Å². The number of amides is 1. The second kappa shape index (κ2) is 7.60. The third kappa shape index (κ3) is 3.45. The highest BCUT2D eigenvalue weighted by molar-refractivity contribution is 9.10. The highest BCUT2D eigenvalue weighted by atomic mass is 79.9. The summed E-state index contributed by atoms with van der Waals surface area (Å²) in [6.45, 7) is 0. The van der Waals surface area contributed by atoms with Gasteiger partial charge in [-0.25, -0.2) is 4.39 Å². The lowest BCUT2D eigenvalue weighted by atomic mass is 9.95. The number of anilines is 1. The van der Waals surface area contributed by atoms with Crippen molar-refractivity contribution in [2.45, 2.75) is 6.04 Å². The molecule has 1 saturated heterocycles. The smallest absolute Gasteiger partial charge is 0.300 e. The van der Waals surface area contributed by atoms with E-state index in [1.807, 2.05) is 0 Å². The number of carbonyl (C=O) groups excluding carboxylic acids is 2. The zero-order valence-corrected chi connectivity index (χ0v) is 16.5. The van der Waals surface area contributed by atoms with E-state index in [0.717, 1.165) is 4.47 Å². The molecule has 5 nitrogen and oxygen atoms in total. The van der Waals surface area contributed by atoms with Crippen molar-refractivity contribution in [2.75, 3.05) is 4.90 Å². The molecule has 144 valence electrons. The van der Waals surface area contributed by atoms with Gasteiger partial charge in [-0.3, -0.25) is 19.5 Å². The number of ketones is 1. The van der Waals surface area contributed by atoms with Gasteiger partial charge in [0.1, 0.15) is 11.6 Å². The zero-order valence-electron chi connectivity index (χ0n) is 14.9. The van der Waals surface area contributed by atoms with Gasteiger partial charge in [-0.2, -0.15) is 0 Å². The molecule has 1 atom stereocenters. The van der Waals surface area contributed by atoms with Crippen molar-refractivity contribution in [3.8, 4) is 0 Å². The molecule has 0 spiro atoms. The Labute approximate surface area is 174 Å². The van der Waals surface area contributed by atoms with Gasteiger partial charge >= 0.3 is 0 Å². The molecular weight excluding hydrogens is 439 g/mol. The van der Waals surface area contributed by atoms with Crippen molar-refractivity contribution in [2.24, 2.45) is 0 Å². The van der Waals surface area contributed by atoms with Crippen LogP contribution in [0, 0.1) is 5.82 Å². The average molecular weight is 453 g/mol. The number of hydrogen-bond donors (Lipinski definition) is 1. The Hall–Kier alpha value is -3.32. The van der Waals surface area contributed by atoms with Gasteiger partial charge < -0.3 is 5.11 Å². The van der Waals surface area contributed by atoms with E-state index < -0.39 is 23.5 Å². The minimum atomic E-state index is -0.913. The summed E-state index contributed by atoms with van der Waals surface area (Å²) in [7, 11) is 0. The van der Waals surface area contributed by atoms with Crippen LogP contribution in [0.15, 0.2) is 83.1 Å². The second-order valence-corrected chi connectivity index (χ2v) is 7.35. The van der Waals surface area contributed by atoms with E-state index >= 15 is 0 Å². The van der Waals surface area contributed by atoms with Crippen LogP contribution in [0.4, 0.5) is 10.1 Å². The monoisotopic (exact) mass is 452 g/mol. The summed E-state index contributed by atoms with van der Waals surface area (Å²) in [4.78, 5) is 31.1. The predicted octanol–water partition coefficient (Wildman–Crippen LogP) is 4.61. The van der Waals surface area contributed by atoms with Gasteiger partial charge in [0.2, 0.25) is 0 Å². The summed E-state index contributed by atoms with van der Waals surface area (Å²) in [5, 5.41) is 10.9. The molecule has 7 heteroatoms. The number of aliphatic hydroxyl groups is 1. The van der Waals surface area contributed by atoms with Gasteiger partial charge in [-0.15, -0.1) is 0 Å². The van der Waals surface area contributed by atoms with E-state index in [9.17, 15) is 19.1 Å². The summed E-state index contributed by atoms with van der Waals surface area (Å²) < 4.78 is 14.3. The Kier molecular flexibility index (Phi) is 4.98. The van der Waals surface area contributed by atoms with Gasteiger partial charge in [0, 0.05) is 16.2 Å². The number of halogens is 2. The number of pyridine rings is 1. The zero-order chi connectivity index (χ0) is 20.5. The van der Waals surface area contributed by atoms with Crippen molar-refractivity contribution in [1.82, 2.24) is 4.98 Å². The molecule has 1 aromatic heterocycles. The maximum atomic E-state index is 13.5. The highest BCUT2D eigenvalue weighted by Gasteiger charge is 2.47. The van der Waals surface area contributed by atoms with Crippen LogP contribution < -0.4 is 4.90 Å². The third-order valence-electron chi connectivity index (χ3n) is 4.67. The van der Waals surface area contributed by atoms with E-state index in [4.69, 9.17) is 0 Å². The Morgan fingerprint density at radius 2 is 1.72 bits per heavy atom. The van der Waals surface area contributed by atoms with Gasteiger partial charge in [0.05, 0.1) is 23.5 Å². The molecule has 1 aliphatic heterocycles. The number of aliphatic hydroxyl groups excluding tert-OH is 1. The van der Waals surface area contributed by atoms with Crippen LogP contribution >= 0.6 is 15.9 Å². The average Bonchev–Trinajstić information content (AvgIpc) is 3.00. The SMILES string of the molecule is O=C1C(=O)N(c2cccnc2)C(c2ccc(F)cc2)/C1=C(\O)c1ccc(Br)cc1. The van der Waals surface area contributed by atoms with Gasteiger partial charge in [-0.1, -0.05) is 40.2 Å². The maximum absolute atomic E-state index is 13.5. The topological polar surface area (TPSA) is 70.5 Å². The number of carbonyl (C=O) groups is 2. The molecule has 29 heavy (non-hydrogen) atoms. The number of Topliss-reactive ketones (excluding diaryl/α,β-unsaturated/α-hetero) is 1. The number of rotatable bonds is 3. The minimum absolute atomic E-state index is 0.0622. The normalized spacial score (nSPS) is 18.3. The van der Waals surface area contributed by atoms with Crippen molar-refractivity contribution in [3.05, 3.63) is 100 Å². The molecule has 1 fully saturated rings. The van der Waals surface area contributed by atoms with Crippen molar-refractivity contribution < 1.29 is 19.1 Å². The second-order valence-electron chi connectivity index (χ2n) is 6.44. The number of aromatic nitrogens is 1. The molecule has 1 N–H and O–H groups in total. The van der Waals surface area contributed by atoms with Crippen molar-refractivity contribution >= 4 is 39.1 Å². The first-order chi connectivity index (χ1) is 14.0. The third-order valence-corrected chi connectivity index (χ3v) is 5.20. The largest absolute Gasteiger partial charge is 0.507 e. The summed E-state index contributed by atoms with van der Waals surface area (Å²) >= 11 is 3.33. The van der Waals surface area contributed by atoms with Crippen LogP contribution in [0.5, 0.6) is 0 Å². The van der Waals surface area contributed by atoms with Crippen LogP contribution in [0.3, 0.4) is 0 Å². The lowest BCUT2D eigenvalue weighted by Crippen LogP contribution is -2.29. The van der Waals surface area contributed by atoms with Crippen LogP contribution in [-0.2, 0) is 9.59 Å². The molecule has 4 rings (SSSR count). The van der Waals surface area contributed by atoms with Gasteiger partial charge in [-0.05, 0) is 42.0 Å². The summed E-state index contributed by atoms with van der Waals surface area (Å²) in [6, 6.07) is 14.6. The van der Waals surface area contributed by atoms with E-state index in [1.165, 1.54) is 35.4 Å². The Morgan fingerprint density at radius 1 is 1.03 bits per heavy atom. The molecule has 1 aliphatic rings. The Morgan fingerprint density at radius 3 is 2.34 bits per heavy atom. The van der Waals surface area contributed by atoms with Gasteiger partial charge in [0.15, 0.2) is 0 Å². The number of hydrogen-bond acceptors (Lipinski definition) is 4. The first kappa shape index (κ1) is 19.0. The van der Waals surface area contributed by atoms with Gasteiger partial charge in [0.25, 0.3) is 11.7 Å². The molecule has 0 bridgehead atoms. The van der Waals surface area contributed by atoms with Crippen molar-refractivity contribution in [3.63, 3.8) is 0 Å². The summed E-state index contributed by atoms with van der Waals surface area (Å²) in [5.41, 5.74) is 1.23. The molecule has 1 amide bonds. The van der Waals surface area contributed by atoms with E-state index in [-0.39, 0.29) is 11.3 Å². The predicted molar refractivity (Wildman–Crippen MR) is 110 cm³/mol. The molecule has 0 aliphatic carbocycles. The standard InChI is InChI=1S/C22H14BrFN2O3/c23-15-7-3-14(4-8-15)20(27)18-19(13-5-9-16(24)10-6-13)26(22(29)21(18)28)17-2-1-11-25-12-17/h1-12,19,27H/b20-18+. The van der Waals surface area contributed by atoms with E-state index in [1.54, 1.807) is 42.6 Å². The summed E-state index contributed by atoms with van der Waals surface area (Å²) in [5.74, 6) is -2.34. The van der Waals surface area contributed by atoms with Crippen LogP contribution in [0.25, 0.3) is 5.76 Å². The summed E-state index contributed by atoms with van der Waals surface area (Å²) in [6.07, 6.45) is 3.01. The Bertz CT molecular complexity index is 1110. The molecule has 1 unspecified atom stereocenters. The van der Waals surface area contributed by atoms with E-state index in [0.29, 0.717) is 16.8 Å². The lowest BCUT2D eigenvalue weighted by molar-refractivity contribution is -0.132. The highest BCUT2D eigenvalue weighted by Crippen LogP contribution is 2.41. The molecule has 2 heterocycles. The first-order valence-electron chi connectivity index (χ1n) is 8.70. The first-order valence-corrected chi connectivity index (χ1v) is 9.49. The maximum Gasteiger partial charge on any atom is 0.300 e. The quantitative estimate of drug-likeness (QED) is 0.357.